The largest absolute Gasteiger partial charge is 0.545 e. The SMILES string of the molecule is COC[C@@H](C)NC(=O)COc1ccc(S(=O)(=O)N2CCCC2)cc1C(=O)[O-]. The van der Waals surface area contributed by atoms with E-state index in [2.05, 4.69) is 5.32 Å². The molecule has 10 heteroatoms. The standard InChI is InChI=1S/C17H24N2O7S/c1-12(10-25-2)18-16(20)11-26-15-6-5-13(9-14(15)17(21)22)27(23,24)19-7-3-4-8-19/h5-6,9,12H,3-4,7-8,10-11H2,1-2H3,(H,18,20)(H,21,22)/p-1/t12-/m1/s1. The van der Waals surface area contributed by atoms with Gasteiger partial charge in [0.1, 0.15) is 5.75 Å². The molecule has 0 spiro atoms. The first-order chi connectivity index (χ1) is 12.8. The zero-order valence-corrected chi connectivity index (χ0v) is 16.1. The van der Waals surface area contributed by atoms with Crippen molar-refractivity contribution >= 4 is 21.9 Å². The van der Waals surface area contributed by atoms with Crippen molar-refractivity contribution in [3.63, 3.8) is 0 Å². The zero-order valence-electron chi connectivity index (χ0n) is 15.3. The lowest BCUT2D eigenvalue weighted by Crippen LogP contribution is -2.38. The zero-order chi connectivity index (χ0) is 20.0. The van der Waals surface area contributed by atoms with Gasteiger partial charge in [0.15, 0.2) is 6.61 Å². The van der Waals surface area contributed by atoms with Crippen LogP contribution in [0, 0.1) is 0 Å². The molecule has 1 aliphatic heterocycles. The lowest BCUT2D eigenvalue weighted by atomic mass is 10.2. The molecule has 9 nitrogen and oxygen atoms in total. The van der Waals surface area contributed by atoms with Crippen LogP contribution in [0.3, 0.4) is 0 Å². The quantitative estimate of drug-likeness (QED) is 0.586. The fourth-order valence-corrected chi connectivity index (χ4v) is 4.33. The Hall–Kier alpha value is -2.17. The Morgan fingerprint density at radius 1 is 1.30 bits per heavy atom. The lowest BCUT2D eigenvalue weighted by Gasteiger charge is -2.18. The van der Waals surface area contributed by atoms with Crippen molar-refractivity contribution in [2.45, 2.75) is 30.7 Å². The monoisotopic (exact) mass is 399 g/mol. The molecular weight excluding hydrogens is 376 g/mol. The highest BCUT2D eigenvalue weighted by molar-refractivity contribution is 7.89. The predicted molar refractivity (Wildman–Crippen MR) is 93.7 cm³/mol. The maximum atomic E-state index is 12.6. The smallest absolute Gasteiger partial charge is 0.258 e. The van der Waals surface area contributed by atoms with Gasteiger partial charge in [-0.05, 0) is 38.0 Å². The summed E-state index contributed by atoms with van der Waals surface area (Å²) in [6, 6.07) is 3.25. The van der Waals surface area contributed by atoms with Gasteiger partial charge in [-0.2, -0.15) is 4.31 Å². The van der Waals surface area contributed by atoms with Crippen LogP contribution >= 0.6 is 0 Å². The molecule has 1 fully saturated rings. The molecule has 0 radical (unpaired) electrons. The van der Waals surface area contributed by atoms with Crippen LogP contribution in [0.1, 0.15) is 30.1 Å². The fourth-order valence-electron chi connectivity index (χ4n) is 2.78. The van der Waals surface area contributed by atoms with Crippen LogP contribution in [-0.4, -0.2) is 64.1 Å². The van der Waals surface area contributed by atoms with Gasteiger partial charge in [-0.1, -0.05) is 0 Å². The van der Waals surface area contributed by atoms with Crippen LogP contribution in [0.15, 0.2) is 23.1 Å². The Morgan fingerprint density at radius 2 is 1.96 bits per heavy atom. The minimum absolute atomic E-state index is 0.134. The Bertz CT molecular complexity index is 788. The van der Waals surface area contributed by atoms with E-state index in [1.807, 2.05) is 0 Å². The van der Waals surface area contributed by atoms with Gasteiger partial charge in [0.2, 0.25) is 10.0 Å². The van der Waals surface area contributed by atoms with Crippen LogP contribution in [0.4, 0.5) is 0 Å². The number of amides is 1. The molecule has 150 valence electrons. The first-order valence-electron chi connectivity index (χ1n) is 8.52. The first kappa shape index (κ1) is 21.1. The van der Waals surface area contributed by atoms with Gasteiger partial charge >= 0.3 is 0 Å². The number of ether oxygens (including phenoxy) is 2. The van der Waals surface area contributed by atoms with E-state index >= 15 is 0 Å². The molecule has 1 aliphatic rings. The highest BCUT2D eigenvalue weighted by Gasteiger charge is 2.28. The summed E-state index contributed by atoms with van der Waals surface area (Å²) >= 11 is 0. The molecule has 27 heavy (non-hydrogen) atoms. The topological polar surface area (TPSA) is 125 Å². The van der Waals surface area contributed by atoms with Gasteiger partial charge in [-0.25, -0.2) is 8.42 Å². The molecule has 0 aromatic heterocycles. The third-order valence-electron chi connectivity index (χ3n) is 4.06. The number of aromatic carboxylic acids is 1. The van der Waals surface area contributed by atoms with Crippen LogP contribution in [-0.2, 0) is 19.6 Å². The number of hydrogen-bond acceptors (Lipinski definition) is 7. The van der Waals surface area contributed by atoms with Gasteiger partial charge in [0.25, 0.3) is 5.91 Å². The highest BCUT2D eigenvalue weighted by atomic mass is 32.2. The number of nitrogens with one attached hydrogen (secondary N) is 1. The van der Waals surface area contributed by atoms with E-state index in [9.17, 15) is 23.1 Å². The number of sulfonamides is 1. The second-order valence-corrected chi connectivity index (χ2v) is 8.21. The van der Waals surface area contributed by atoms with E-state index in [1.165, 1.54) is 23.5 Å². The summed E-state index contributed by atoms with van der Waals surface area (Å²) in [5.74, 6) is -2.18. The molecule has 0 aliphatic carbocycles. The van der Waals surface area contributed by atoms with Gasteiger partial charge in [0.05, 0.1) is 17.5 Å². The van der Waals surface area contributed by atoms with Crippen molar-refractivity contribution in [3.8, 4) is 5.75 Å². The highest BCUT2D eigenvalue weighted by Crippen LogP contribution is 2.26. The van der Waals surface area contributed by atoms with Crippen molar-refractivity contribution in [1.29, 1.82) is 0 Å². The van der Waals surface area contributed by atoms with Gasteiger partial charge < -0.3 is 24.7 Å². The summed E-state index contributed by atoms with van der Waals surface area (Å²) in [6.07, 6.45) is 1.54. The summed E-state index contributed by atoms with van der Waals surface area (Å²) in [7, 11) is -2.27. The second kappa shape index (κ2) is 9.16. The Kier molecular flexibility index (Phi) is 7.17. The fraction of sp³-hybridized carbons (Fsp3) is 0.529. The van der Waals surface area contributed by atoms with Gasteiger partial charge in [0, 0.05) is 31.8 Å². The second-order valence-electron chi connectivity index (χ2n) is 6.27. The van der Waals surface area contributed by atoms with Gasteiger partial charge in [-0.3, -0.25) is 4.79 Å². The molecule has 1 N–H and O–H groups in total. The average molecular weight is 399 g/mol. The van der Waals surface area contributed by atoms with Crippen LogP contribution < -0.4 is 15.2 Å². The Labute approximate surface area is 158 Å². The van der Waals surface area contributed by atoms with Crippen molar-refractivity contribution in [1.82, 2.24) is 9.62 Å². The normalized spacial score (nSPS) is 16.1. The molecule has 0 bridgehead atoms. The lowest BCUT2D eigenvalue weighted by molar-refractivity contribution is -0.255. The number of carboxylic acid groups (broad SMARTS) is 1. The third-order valence-corrected chi connectivity index (χ3v) is 5.95. The van der Waals surface area contributed by atoms with E-state index in [1.54, 1.807) is 6.92 Å². The molecule has 1 aromatic rings. The van der Waals surface area contributed by atoms with Crippen LogP contribution in [0.5, 0.6) is 5.75 Å². The molecule has 0 saturated carbocycles. The maximum Gasteiger partial charge on any atom is 0.258 e. The molecule has 1 saturated heterocycles. The molecular formula is C17H23N2O7S-. The minimum atomic E-state index is -3.77. The first-order valence-corrected chi connectivity index (χ1v) is 9.96. The van der Waals surface area contributed by atoms with Crippen LogP contribution in [0.2, 0.25) is 0 Å². The molecule has 1 aromatic carbocycles. The van der Waals surface area contributed by atoms with Crippen molar-refractivity contribution in [2.75, 3.05) is 33.4 Å². The molecule has 1 amide bonds. The number of rotatable bonds is 9. The summed E-state index contributed by atoms with van der Waals surface area (Å²) < 4.78 is 36.6. The number of hydrogen-bond donors (Lipinski definition) is 1. The van der Waals surface area contributed by atoms with E-state index < -0.39 is 34.1 Å². The Balaban J connectivity index is 2.14. The average Bonchev–Trinajstić information content (AvgIpc) is 3.15. The summed E-state index contributed by atoms with van der Waals surface area (Å²) in [5, 5.41) is 14.0. The van der Waals surface area contributed by atoms with Gasteiger partial charge in [-0.15, -0.1) is 0 Å². The number of carbonyl (C=O) groups is 2. The maximum absolute atomic E-state index is 12.6. The van der Waals surface area contributed by atoms with E-state index in [0.717, 1.165) is 18.9 Å². The van der Waals surface area contributed by atoms with E-state index in [4.69, 9.17) is 9.47 Å². The number of carboxylic acids is 1. The van der Waals surface area contributed by atoms with Crippen molar-refractivity contribution in [3.05, 3.63) is 23.8 Å². The van der Waals surface area contributed by atoms with E-state index in [0.29, 0.717) is 19.7 Å². The summed E-state index contributed by atoms with van der Waals surface area (Å²) in [6.45, 7) is 2.44. The molecule has 1 heterocycles. The minimum Gasteiger partial charge on any atom is -0.545 e. The number of methoxy groups -OCH3 is 1. The summed E-state index contributed by atoms with van der Waals surface area (Å²) in [5.41, 5.74) is -0.423. The number of benzene rings is 1. The summed E-state index contributed by atoms with van der Waals surface area (Å²) in [4.78, 5) is 23.1. The molecule has 0 unspecified atom stereocenters. The number of nitrogens with zero attached hydrogens (tertiary/aromatic N) is 1. The Morgan fingerprint density at radius 3 is 2.56 bits per heavy atom. The van der Waals surface area contributed by atoms with E-state index in [-0.39, 0.29) is 16.7 Å². The molecule has 2 rings (SSSR count). The predicted octanol–water partition coefficient (Wildman–Crippen LogP) is -0.635. The van der Waals surface area contributed by atoms with Crippen molar-refractivity contribution < 1.29 is 32.6 Å². The van der Waals surface area contributed by atoms with Crippen LogP contribution in [0.25, 0.3) is 0 Å². The number of carbonyl (C=O) groups excluding carboxylic acids is 2. The third kappa shape index (κ3) is 5.41. The molecule has 1 atom stereocenters. The van der Waals surface area contributed by atoms with Crippen molar-refractivity contribution in [2.24, 2.45) is 0 Å².